The van der Waals surface area contributed by atoms with Crippen LogP contribution in [0, 0.1) is 12.8 Å². The number of hydrogen-bond donors (Lipinski definition) is 0. The summed E-state index contributed by atoms with van der Waals surface area (Å²) in [5, 5.41) is 1.20. The highest BCUT2D eigenvalue weighted by Crippen LogP contribution is 2.31. The van der Waals surface area contributed by atoms with Crippen molar-refractivity contribution in [2.45, 2.75) is 39.7 Å². The van der Waals surface area contributed by atoms with Gasteiger partial charge in [-0.25, -0.2) is 4.79 Å². The first kappa shape index (κ1) is 17.8. The fourth-order valence-electron chi connectivity index (χ4n) is 3.15. The number of para-hydroxylation sites is 1. The second-order valence-electron chi connectivity index (χ2n) is 6.73. The Labute approximate surface area is 151 Å². The topological polar surface area (TPSA) is 59.8 Å². The van der Waals surface area contributed by atoms with Crippen LogP contribution in [0.3, 0.4) is 0 Å². The Morgan fingerprint density at radius 2 is 2.00 bits per heavy atom. The van der Waals surface area contributed by atoms with Crippen molar-refractivity contribution in [2.75, 3.05) is 13.1 Å². The van der Waals surface area contributed by atoms with E-state index in [2.05, 4.69) is 6.92 Å². The highest BCUT2D eigenvalue weighted by molar-refractivity contribution is 6.35. The Morgan fingerprint density at radius 1 is 1.32 bits per heavy atom. The first-order chi connectivity index (χ1) is 11.9. The van der Waals surface area contributed by atoms with Gasteiger partial charge in [0.05, 0.1) is 5.02 Å². The van der Waals surface area contributed by atoms with Gasteiger partial charge in [0.25, 0.3) is 5.91 Å². The van der Waals surface area contributed by atoms with Crippen LogP contribution in [0.4, 0.5) is 0 Å². The molecule has 25 heavy (non-hydrogen) atoms. The molecular weight excluding hydrogens is 342 g/mol. The van der Waals surface area contributed by atoms with Crippen LogP contribution in [0.15, 0.2) is 22.6 Å². The molecule has 0 bridgehead atoms. The van der Waals surface area contributed by atoms with Crippen LogP contribution in [-0.4, -0.2) is 36.0 Å². The molecule has 1 unspecified atom stereocenters. The SMILES string of the molecule is Cc1c(C(=O)OC(C)C(=O)N2CCC(C)CC2)oc2c(Cl)cccc12. The smallest absolute Gasteiger partial charge is 0.375 e. The summed E-state index contributed by atoms with van der Waals surface area (Å²) in [4.78, 5) is 26.7. The lowest BCUT2D eigenvalue weighted by Gasteiger charge is -2.31. The van der Waals surface area contributed by atoms with Gasteiger partial charge in [0.1, 0.15) is 0 Å². The average molecular weight is 364 g/mol. The average Bonchev–Trinajstić information content (AvgIpc) is 2.93. The highest BCUT2D eigenvalue weighted by Gasteiger charge is 2.29. The molecule has 0 N–H and O–H groups in total. The standard InChI is InChI=1S/C19H22ClNO4/c1-11-7-9-21(10-8-11)18(22)13(3)24-19(23)16-12(2)14-5-4-6-15(20)17(14)25-16/h4-6,11,13H,7-10H2,1-3H3. The normalized spacial score (nSPS) is 16.9. The van der Waals surface area contributed by atoms with Gasteiger partial charge in [0.15, 0.2) is 11.7 Å². The molecule has 1 fully saturated rings. The third kappa shape index (κ3) is 3.52. The van der Waals surface area contributed by atoms with Crippen LogP contribution in [0.1, 0.15) is 42.8 Å². The van der Waals surface area contributed by atoms with E-state index in [-0.39, 0.29) is 11.7 Å². The molecule has 0 radical (unpaired) electrons. The van der Waals surface area contributed by atoms with E-state index in [1.165, 1.54) is 0 Å². The largest absolute Gasteiger partial charge is 0.447 e. The second-order valence-corrected chi connectivity index (χ2v) is 7.14. The van der Waals surface area contributed by atoms with Crippen molar-refractivity contribution < 1.29 is 18.7 Å². The van der Waals surface area contributed by atoms with Crippen molar-refractivity contribution in [3.05, 3.63) is 34.5 Å². The molecule has 3 rings (SSSR count). The van der Waals surface area contributed by atoms with Crippen LogP contribution < -0.4 is 0 Å². The number of carbonyl (C=O) groups excluding carboxylic acids is 2. The number of rotatable bonds is 3. The maximum absolute atomic E-state index is 12.5. The van der Waals surface area contributed by atoms with Crippen molar-refractivity contribution in [1.82, 2.24) is 4.90 Å². The summed E-state index contributed by atoms with van der Waals surface area (Å²) in [6, 6.07) is 5.33. The summed E-state index contributed by atoms with van der Waals surface area (Å²) in [6.45, 7) is 6.98. The van der Waals surface area contributed by atoms with E-state index in [1.807, 2.05) is 6.07 Å². The molecule has 1 aromatic heterocycles. The third-order valence-corrected chi connectivity index (χ3v) is 5.13. The van der Waals surface area contributed by atoms with Gasteiger partial charge in [-0.1, -0.05) is 30.7 Å². The summed E-state index contributed by atoms with van der Waals surface area (Å²) in [6.07, 6.45) is 1.12. The maximum atomic E-state index is 12.5. The molecule has 2 aromatic rings. The van der Waals surface area contributed by atoms with Gasteiger partial charge in [-0.2, -0.15) is 0 Å². The molecule has 2 heterocycles. The lowest BCUT2D eigenvalue weighted by molar-refractivity contribution is -0.141. The van der Waals surface area contributed by atoms with Gasteiger partial charge in [0.2, 0.25) is 5.76 Å². The molecule has 1 aromatic carbocycles. The second kappa shape index (κ2) is 7.08. The molecule has 0 spiro atoms. The van der Waals surface area contributed by atoms with Crippen LogP contribution in [0.2, 0.25) is 5.02 Å². The number of ether oxygens (including phenoxy) is 1. The predicted molar refractivity (Wildman–Crippen MR) is 95.8 cm³/mol. The van der Waals surface area contributed by atoms with E-state index in [4.69, 9.17) is 20.8 Å². The summed E-state index contributed by atoms with van der Waals surface area (Å²) < 4.78 is 11.0. The summed E-state index contributed by atoms with van der Waals surface area (Å²) in [5.74, 6) is -0.0806. The third-order valence-electron chi connectivity index (χ3n) is 4.83. The highest BCUT2D eigenvalue weighted by atomic mass is 35.5. The van der Waals surface area contributed by atoms with E-state index < -0.39 is 12.1 Å². The number of benzene rings is 1. The number of likely N-dealkylation sites (tertiary alicyclic amines) is 1. The first-order valence-corrected chi connectivity index (χ1v) is 8.93. The van der Waals surface area contributed by atoms with Crippen LogP contribution in [-0.2, 0) is 9.53 Å². The number of halogens is 1. The van der Waals surface area contributed by atoms with E-state index >= 15 is 0 Å². The van der Waals surface area contributed by atoms with Gasteiger partial charge >= 0.3 is 5.97 Å². The Bertz CT molecular complexity index is 805. The van der Waals surface area contributed by atoms with E-state index in [0.29, 0.717) is 35.2 Å². The molecule has 1 aliphatic rings. The van der Waals surface area contributed by atoms with Crippen molar-refractivity contribution in [3.8, 4) is 0 Å². The molecular formula is C19H22ClNO4. The molecule has 1 aliphatic heterocycles. The van der Waals surface area contributed by atoms with E-state index in [0.717, 1.165) is 18.2 Å². The van der Waals surface area contributed by atoms with E-state index in [1.54, 1.807) is 30.9 Å². The monoisotopic (exact) mass is 363 g/mol. The van der Waals surface area contributed by atoms with Crippen molar-refractivity contribution in [1.29, 1.82) is 0 Å². The van der Waals surface area contributed by atoms with Crippen molar-refractivity contribution in [2.24, 2.45) is 5.92 Å². The minimum Gasteiger partial charge on any atom is -0.447 e. The molecule has 0 aliphatic carbocycles. The fourth-order valence-corrected chi connectivity index (χ4v) is 3.37. The summed E-state index contributed by atoms with van der Waals surface area (Å²) >= 11 is 6.11. The Balaban J connectivity index is 1.72. The van der Waals surface area contributed by atoms with Gasteiger partial charge in [-0.05, 0) is 38.7 Å². The number of fused-ring (bicyclic) bond motifs is 1. The number of hydrogen-bond acceptors (Lipinski definition) is 4. The zero-order valence-electron chi connectivity index (χ0n) is 14.7. The van der Waals surface area contributed by atoms with Crippen LogP contribution in [0.25, 0.3) is 11.0 Å². The number of nitrogens with zero attached hydrogens (tertiary/aromatic N) is 1. The van der Waals surface area contributed by atoms with Gasteiger partial charge in [0, 0.05) is 24.0 Å². The van der Waals surface area contributed by atoms with Gasteiger partial charge in [-0.3, -0.25) is 4.79 Å². The zero-order valence-corrected chi connectivity index (χ0v) is 15.4. The Kier molecular flexibility index (Phi) is 5.04. The van der Waals surface area contributed by atoms with Gasteiger partial charge in [-0.15, -0.1) is 0 Å². The fraction of sp³-hybridized carbons (Fsp3) is 0.474. The minimum atomic E-state index is -0.844. The van der Waals surface area contributed by atoms with Crippen LogP contribution in [0.5, 0.6) is 0 Å². The molecule has 5 nitrogen and oxygen atoms in total. The number of esters is 1. The molecule has 134 valence electrons. The Morgan fingerprint density at radius 3 is 2.64 bits per heavy atom. The number of furan rings is 1. The molecule has 1 saturated heterocycles. The quantitative estimate of drug-likeness (QED) is 0.767. The van der Waals surface area contributed by atoms with E-state index in [9.17, 15) is 9.59 Å². The lowest BCUT2D eigenvalue weighted by atomic mass is 9.99. The van der Waals surface area contributed by atoms with Gasteiger partial charge < -0.3 is 14.1 Å². The predicted octanol–water partition coefficient (Wildman–Crippen LogP) is 4.20. The Hall–Kier alpha value is -2.01. The number of piperidine rings is 1. The molecule has 0 saturated carbocycles. The van der Waals surface area contributed by atoms with Crippen molar-refractivity contribution >= 4 is 34.4 Å². The molecule has 1 atom stereocenters. The first-order valence-electron chi connectivity index (χ1n) is 8.56. The molecule has 6 heteroatoms. The number of carbonyl (C=O) groups is 2. The van der Waals surface area contributed by atoms with Crippen LogP contribution >= 0.6 is 11.6 Å². The summed E-state index contributed by atoms with van der Waals surface area (Å²) in [5.41, 5.74) is 1.12. The number of aryl methyl sites for hydroxylation is 1. The zero-order chi connectivity index (χ0) is 18.1. The lowest BCUT2D eigenvalue weighted by Crippen LogP contribution is -2.44. The summed E-state index contributed by atoms with van der Waals surface area (Å²) in [7, 11) is 0. The minimum absolute atomic E-state index is 0.0926. The molecule has 1 amide bonds. The maximum Gasteiger partial charge on any atom is 0.375 e. The van der Waals surface area contributed by atoms with Crippen molar-refractivity contribution in [3.63, 3.8) is 0 Å². The number of amides is 1.